The average molecular weight is 581 g/mol. The van der Waals surface area contributed by atoms with Gasteiger partial charge in [-0.1, -0.05) is 31.5 Å². The fraction of sp³-hybridized carbons (Fsp3) is 0.500. The van der Waals surface area contributed by atoms with E-state index in [4.69, 9.17) is 21.3 Å². The van der Waals surface area contributed by atoms with Gasteiger partial charge in [0.25, 0.3) is 0 Å². The van der Waals surface area contributed by atoms with Gasteiger partial charge in [0, 0.05) is 46.9 Å². The van der Waals surface area contributed by atoms with Crippen LogP contribution in [-0.2, 0) is 19.6 Å². The normalized spacial score (nSPS) is 23.0. The van der Waals surface area contributed by atoms with Gasteiger partial charge in [-0.05, 0) is 43.2 Å². The third-order valence-electron chi connectivity index (χ3n) is 7.58. The smallest absolute Gasteiger partial charge is 0.338 e. The second-order valence-corrected chi connectivity index (χ2v) is 14.3. The Morgan fingerprint density at radius 2 is 1.97 bits per heavy atom. The maximum absolute atomic E-state index is 13.9. The van der Waals surface area contributed by atoms with Crippen LogP contribution in [0.1, 0.15) is 56.1 Å². The van der Waals surface area contributed by atoms with Crippen LogP contribution in [0, 0.1) is 17.2 Å². The lowest BCUT2D eigenvalue weighted by Gasteiger charge is -2.45. The highest BCUT2D eigenvalue weighted by atomic mass is 35.5. The van der Waals surface area contributed by atoms with Crippen molar-refractivity contribution in [2.24, 2.45) is 16.3 Å². The van der Waals surface area contributed by atoms with Crippen molar-refractivity contribution in [1.82, 2.24) is 14.6 Å². The molecule has 12 heteroatoms. The van der Waals surface area contributed by atoms with Gasteiger partial charge in [-0.2, -0.15) is 0 Å². The van der Waals surface area contributed by atoms with Gasteiger partial charge in [0.1, 0.15) is 11.9 Å². The molecule has 204 valence electrons. The molecule has 1 aromatic carbocycles. The summed E-state index contributed by atoms with van der Waals surface area (Å²) >= 11 is 7.82. The first-order valence-corrected chi connectivity index (χ1v) is 15.3. The van der Waals surface area contributed by atoms with Gasteiger partial charge in [-0.3, -0.25) is 4.99 Å². The second kappa shape index (κ2) is 10.3. The molecule has 2 aliphatic heterocycles. The molecule has 1 aromatic heterocycles. The largest absolute Gasteiger partial charge is 0.466 e. The van der Waals surface area contributed by atoms with Crippen molar-refractivity contribution in [2.75, 3.05) is 20.2 Å². The van der Waals surface area contributed by atoms with Crippen LogP contribution in [-0.4, -0.2) is 55.0 Å². The Labute approximate surface area is 231 Å². The predicted octanol–water partition coefficient (Wildman–Crippen LogP) is 4.68. The maximum atomic E-state index is 13.9. The molecule has 0 radical (unpaired) electrons. The molecule has 38 heavy (non-hydrogen) atoms. The average Bonchev–Trinajstić information content (AvgIpc) is 3.41. The minimum Gasteiger partial charge on any atom is -0.466 e. The SMILES string of the molecule is COC(=O)C1=C(C2CCN(S(=O)(=O)C3CC(C)(C)C3)CC2)NC(c2nccs2)=NC1c1ccc(F)cc1Cl. The molecule has 5 rings (SSSR count). The number of carbonyl (C=O) groups excluding carboxylic acids is 1. The monoisotopic (exact) mass is 580 g/mol. The molecule has 1 aliphatic carbocycles. The minimum atomic E-state index is -3.37. The lowest BCUT2D eigenvalue weighted by atomic mass is 9.72. The standard InChI is InChI=1S/C26H30ClFN4O4S2/c1-26(2)13-17(14-26)38(34,35)32-9-6-15(7-10-32)21-20(25(33)36-3)22(18-5-4-16(28)12-19(18)27)31-23(30-21)24-29-8-11-37-24/h4-5,8,11-12,15,17,22H,6-7,9-10,13-14H2,1-3H3,(H,30,31). The number of amidine groups is 1. The van der Waals surface area contributed by atoms with Gasteiger partial charge in [0.15, 0.2) is 10.8 Å². The number of esters is 1. The van der Waals surface area contributed by atoms with Gasteiger partial charge in [0.05, 0.1) is 17.9 Å². The zero-order chi connectivity index (χ0) is 27.2. The number of aromatic nitrogens is 1. The molecule has 1 saturated carbocycles. The van der Waals surface area contributed by atoms with Gasteiger partial charge < -0.3 is 10.1 Å². The molecule has 2 aromatic rings. The number of hydrogen-bond acceptors (Lipinski definition) is 8. The molecule has 1 atom stereocenters. The van der Waals surface area contributed by atoms with Crippen molar-refractivity contribution >= 4 is 44.8 Å². The lowest BCUT2D eigenvalue weighted by molar-refractivity contribution is -0.136. The lowest BCUT2D eigenvalue weighted by Crippen LogP contribution is -2.51. The summed E-state index contributed by atoms with van der Waals surface area (Å²) in [6.45, 7) is 4.89. The van der Waals surface area contributed by atoms with Gasteiger partial charge in [-0.15, -0.1) is 11.3 Å². The van der Waals surface area contributed by atoms with Crippen LogP contribution in [0.2, 0.25) is 5.02 Å². The van der Waals surface area contributed by atoms with E-state index in [2.05, 4.69) is 24.1 Å². The number of piperidine rings is 1. The molecule has 0 bridgehead atoms. The van der Waals surface area contributed by atoms with Gasteiger partial charge >= 0.3 is 5.97 Å². The van der Waals surface area contributed by atoms with Crippen LogP contribution in [0.3, 0.4) is 0 Å². The van der Waals surface area contributed by atoms with E-state index in [9.17, 15) is 17.6 Å². The number of ether oxygens (including phenoxy) is 1. The summed E-state index contributed by atoms with van der Waals surface area (Å²) in [6, 6.07) is 3.15. The number of aliphatic imine (C=N–C) groups is 1. The number of nitrogens with zero attached hydrogens (tertiary/aromatic N) is 3. The van der Waals surface area contributed by atoms with E-state index < -0.39 is 27.9 Å². The van der Waals surface area contributed by atoms with Crippen LogP contribution < -0.4 is 5.32 Å². The van der Waals surface area contributed by atoms with Crippen molar-refractivity contribution in [3.63, 3.8) is 0 Å². The van der Waals surface area contributed by atoms with Crippen LogP contribution in [0.4, 0.5) is 4.39 Å². The quantitative estimate of drug-likeness (QED) is 0.498. The summed E-state index contributed by atoms with van der Waals surface area (Å²) in [4.78, 5) is 22.3. The number of hydrogen-bond donors (Lipinski definition) is 1. The van der Waals surface area contributed by atoms with Crippen LogP contribution in [0.15, 0.2) is 46.0 Å². The van der Waals surface area contributed by atoms with E-state index in [0.717, 1.165) is 0 Å². The topological polar surface area (TPSA) is 101 Å². The van der Waals surface area contributed by atoms with Crippen LogP contribution >= 0.6 is 22.9 Å². The number of methoxy groups -OCH3 is 1. The van der Waals surface area contributed by atoms with E-state index in [1.807, 2.05) is 5.38 Å². The summed E-state index contributed by atoms with van der Waals surface area (Å²) < 4.78 is 47.1. The fourth-order valence-corrected chi connectivity index (χ4v) is 8.94. The molecule has 3 heterocycles. The highest BCUT2D eigenvalue weighted by Gasteiger charge is 2.47. The van der Waals surface area contributed by atoms with Gasteiger partial charge in [-0.25, -0.2) is 26.9 Å². The fourth-order valence-electron chi connectivity index (χ4n) is 5.61. The Morgan fingerprint density at radius 1 is 1.26 bits per heavy atom. The number of benzene rings is 1. The number of allylic oxidation sites excluding steroid dienone is 1. The first-order valence-electron chi connectivity index (χ1n) is 12.5. The molecule has 3 aliphatic rings. The van der Waals surface area contributed by atoms with Crippen LogP contribution in [0.5, 0.6) is 0 Å². The minimum absolute atomic E-state index is 0.0600. The Bertz CT molecular complexity index is 1390. The van der Waals surface area contributed by atoms with Crippen LogP contribution in [0.25, 0.3) is 0 Å². The summed E-state index contributed by atoms with van der Waals surface area (Å²) in [5.74, 6) is -0.754. The number of nitrogens with one attached hydrogen (secondary N) is 1. The number of halogens is 2. The second-order valence-electron chi connectivity index (χ2n) is 10.7. The molecule has 0 amide bonds. The Balaban J connectivity index is 1.48. The third kappa shape index (κ3) is 5.13. The number of rotatable bonds is 6. The summed E-state index contributed by atoms with van der Waals surface area (Å²) in [7, 11) is -2.08. The molecule has 1 saturated heterocycles. The molecule has 1 N–H and O–H groups in total. The summed E-state index contributed by atoms with van der Waals surface area (Å²) in [5.41, 5.74) is 1.42. The van der Waals surface area contributed by atoms with E-state index in [1.165, 1.54) is 36.6 Å². The van der Waals surface area contributed by atoms with Gasteiger partial charge in [0.2, 0.25) is 10.0 Å². The maximum Gasteiger partial charge on any atom is 0.338 e. The molecule has 1 unspecified atom stereocenters. The number of sulfonamides is 1. The number of carbonyl (C=O) groups is 1. The van der Waals surface area contributed by atoms with E-state index in [1.54, 1.807) is 10.5 Å². The summed E-state index contributed by atoms with van der Waals surface area (Å²) in [5, 5.41) is 5.58. The van der Waals surface area contributed by atoms with Crippen molar-refractivity contribution < 1.29 is 22.3 Å². The Hall–Kier alpha value is -2.34. The van der Waals surface area contributed by atoms with E-state index in [0.29, 0.717) is 60.9 Å². The zero-order valence-electron chi connectivity index (χ0n) is 21.4. The first kappa shape index (κ1) is 27.2. The first-order chi connectivity index (χ1) is 18.0. The van der Waals surface area contributed by atoms with Crippen molar-refractivity contribution in [3.05, 3.63) is 62.5 Å². The van der Waals surface area contributed by atoms with Crippen molar-refractivity contribution in [2.45, 2.75) is 50.8 Å². The van der Waals surface area contributed by atoms with E-state index in [-0.39, 0.29) is 27.2 Å². The third-order valence-corrected chi connectivity index (χ3v) is 10.9. The number of thiazole rings is 1. The van der Waals surface area contributed by atoms with Crippen molar-refractivity contribution in [1.29, 1.82) is 0 Å². The molecule has 0 spiro atoms. The highest BCUT2D eigenvalue weighted by Crippen LogP contribution is 2.45. The molecular formula is C26H30ClFN4O4S2. The zero-order valence-corrected chi connectivity index (χ0v) is 23.8. The molecule has 8 nitrogen and oxygen atoms in total. The molecule has 2 fully saturated rings. The molecular weight excluding hydrogens is 551 g/mol. The van der Waals surface area contributed by atoms with E-state index >= 15 is 0 Å². The highest BCUT2D eigenvalue weighted by molar-refractivity contribution is 7.89. The predicted molar refractivity (Wildman–Crippen MR) is 145 cm³/mol. The Kier molecular flexibility index (Phi) is 7.40. The van der Waals surface area contributed by atoms with Crippen molar-refractivity contribution in [3.8, 4) is 0 Å². The summed E-state index contributed by atoms with van der Waals surface area (Å²) in [6.07, 6.45) is 4.04. The Morgan fingerprint density at radius 3 is 2.55 bits per heavy atom.